The van der Waals surface area contributed by atoms with Crippen LogP contribution in [0.5, 0.6) is 5.75 Å². The lowest BCUT2D eigenvalue weighted by Gasteiger charge is -2.22. The van der Waals surface area contributed by atoms with E-state index in [2.05, 4.69) is 6.92 Å². The van der Waals surface area contributed by atoms with Gasteiger partial charge in [-0.05, 0) is 37.0 Å². The van der Waals surface area contributed by atoms with Crippen molar-refractivity contribution >= 4 is 5.97 Å². The fraction of sp³-hybridized carbons (Fsp3) is 0.533. The number of hydrogen-bond donors (Lipinski definition) is 0. The van der Waals surface area contributed by atoms with Gasteiger partial charge < -0.3 is 9.47 Å². The summed E-state index contributed by atoms with van der Waals surface area (Å²) in [4.78, 5) is 11.8. The van der Waals surface area contributed by atoms with E-state index in [1.165, 1.54) is 0 Å². The Morgan fingerprint density at radius 2 is 2.06 bits per heavy atom. The van der Waals surface area contributed by atoms with Gasteiger partial charge in [0.25, 0.3) is 0 Å². The van der Waals surface area contributed by atoms with Crippen LogP contribution < -0.4 is 4.74 Å². The average molecular weight is 250 g/mol. The standard InChI is InChI=1S/C15H22O3/c1-5-14(11(3)15(16)18-6-2)12-8-7-9-13(10-12)17-4/h7-11,14H,5-6H2,1-4H3. The summed E-state index contributed by atoms with van der Waals surface area (Å²) in [6.07, 6.45) is 0.896. The molecule has 2 atom stereocenters. The largest absolute Gasteiger partial charge is 0.497 e. The molecular weight excluding hydrogens is 228 g/mol. The van der Waals surface area contributed by atoms with E-state index in [-0.39, 0.29) is 17.8 Å². The molecule has 0 fully saturated rings. The van der Waals surface area contributed by atoms with Crippen LogP contribution >= 0.6 is 0 Å². The molecule has 0 saturated heterocycles. The third kappa shape index (κ3) is 3.49. The molecule has 1 aromatic carbocycles. The van der Waals surface area contributed by atoms with E-state index >= 15 is 0 Å². The molecule has 1 aromatic rings. The molecule has 0 spiro atoms. The molecule has 0 saturated carbocycles. The van der Waals surface area contributed by atoms with Gasteiger partial charge in [0, 0.05) is 0 Å². The van der Waals surface area contributed by atoms with E-state index in [0.717, 1.165) is 17.7 Å². The number of ether oxygens (including phenoxy) is 2. The van der Waals surface area contributed by atoms with Crippen molar-refractivity contribution < 1.29 is 14.3 Å². The van der Waals surface area contributed by atoms with Crippen molar-refractivity contribution in [3.63, 3.8) is 0 Å². The second-order valence-electron chi connectivity index (χ2n) is 4.33. The van der Waals surface area contributed by atoms with Crippen LogP contribution in [0.2, 0.25) is 0 Å². The first-order valence-corrected chi connectivity index (χ1v) is 6.44. The summed E-state index contributed by atoms with van der Waals surface area (Å²) < 4.78 is 10.3. The number of rotatable bonds is 6. The van der Waals surface area contributed by atoms with Crippen LogP contribution in [-0.2, 0) is 9.53 Å². The first-order chi connectivity index (χ1) is 8.63. The molecule has 100 valence electrons. The molecule has 0 aliphatic carbocycles. The number of hydrogen-bond acceptors (Lipinski definition) is 3. The fourth-order valence-corrected chi connectivity index (χ4v) is 2.19. The van der Waals surface area contributed by atoms with Crippen molar-refractivity contribution in [1.82, 2.24) is 0 Å². The van der Waals surface area contributed by atoms with Crippen LogP contribution in [0.15, 0.2) is 24.3 Å². The summed E-state index contributed by atoms with van der Waals surface area (Å²) in [5, 5.41) is 0. The minimum absolute atomic E-state index is 0.132. The van der Waals surface area contributed by atoms with Gasteiger partial charge in [-0.15, -0.1) is 0 Å². The summed E-state index contributed by atoms with van der Waals surface area (Å²) in [5.41, 5.74) is 1.12. The van der Waals surface area contributed by atoms with Crippen LogP contribution in [0.3, 0.4) is 0 Å². The van der Waals surface area contributed by atoms with Crippen molar-refractivity contribution in [3.8, 4) is 5.75 Å². The zero-order valence-corrected chi connectivity index (χ0v) is 11.6. The molecule has 3 nitrogen and oxygen atoms in total. The predicted molar refractivity (Wildman–Crippen MR) is 71.8 cm³/mol. The zero-order valence-electron chi connectivity index (χ0n) is 11.6. The SMILES string of the molecule is CCOC(=O)C(C)C(CC)c1cccc(OC)c1. The smallest absolute Gasteiger partial charge is 0.309 e. The topological polar surface area (TPSA) is 35.5 Å². The maximum atomic E-state index is 11.8. The van der Waals surface area contributed by atoms with Crippen LogP contribution in [0, 0.1) is 5.92 Å². The first kappa shape index (κ1) is 14.6. The number of carbonyl (C=O) groups excluding carboxylic acids is 1. The van der Waals surface area contributed by atoms with E-state index in [1.807, 2.05) is 38.1 Å². The monoisotopic (exact) mass is 250 g/mol. The van der Waals surface area contributed by atoms with Gasteiger partial charge in [0.1, 0.15) is 5.75 Å². The molecule has 0 aromatic heterocycles. The van der Waals surface area contributed by atoms with Gasteiger partial charge in [-0.1, -0.05) is 26.0 Å². The second-order valence-corrected chi connectivity index (χ2v) is 4.33. The minimum Gasteiger partial charge on any atom is -0.497 e. The van der Waals surface area contributed by atoms with Crippen molar-refractivity contribution in [1.29, 1.82) is 0 Å². The van der Waals surface area contributed by atoms with E-state index in [1.54, 1.807) is 7.11 Å². The summed E-state index contributed by atoms with van der Waals surface area (Å²) in [5.74, 6) is 0.718. The molecule has 0 bridgehead atoms. The summed E-state index contributed by atoms with van der Waals surface area (Å²) >= 11 is 0. The molecule has 0 aliphatic heterocycles. The van der Waals surface area contributed by atoms with Crippen LogP contribution in [-0.4, -0.2) is 19.7 Å². The Balaban J connectivity index is 2.90. The van der Waals surface area contributed by atoms with Crippen molar-refractivity contribution in [3.05, 3.63) is 29.8 Å². The Morgan fingerprint density at radius 1 is 1.33 bits per heavy atom. The van der Waals surface area contributed by atoms with Crippen molar-refractivity contribution in [2.24, 2.45) is 5.92 Å². The highest BCUT2D eigenvalue weighted by Gasteiger charge is 2.25. The van der Waals surface area contributed by atoms with E-state index in [0.29, 0.717) is 6.61 Å². The maximum absolute atomic E-state index is 11.8. The molecule has 0 aliphatic rings. The minimum atomic E-state index is -0.137. The molecule has 2 unspecified atom stereocenters. The molecule has 0 N–H and O–H groups in total. The van der Waals surface area contributed by atoms with Gasteiger partial charge in [0.05, 0.1) is 19.6 Å². The first-order valence-electron chi connectivity index (χ1n) is 6.44. The van der Waals surface area contributed by atoms with E-state index in [4.69, 9.17) is 9.47 Å². The van der Waals surface area contributed by atoms with Gasteiger partial charge in [-0.3, -0.25) is 4.79 Å². The lowest BCUT2D eigenvalue weighted by molar-refractivity contribution is -0.148. The lowest BCUT2D eigenvalue weighted by Crippen LogP contribution is -2.21. The molecule has 18 heavy (non-hydrogen) atoms. The Labute approximate surface area is 109 Å². The van der Waals surface area contributed by atoms with Gasteiger partial charge in [0.2, 0.25) is 0 Å². The van der Waals surface area contributed by atoms with Crippen molar-refractivity contribution in [2.45, 2.75) is 33.1 Å². The highest BCUT2D eigenvalue weighted by atomic mass is 16.5. The quantitative estimate of drug-likeness (QED) is 0.726. The van der Waals surface area contributed by atoms with E-state index < -0.39 is 0 Å². The number of benzene rings is 1. The number of carbonyl (C=O) groups is 1. The Morgan fingerprint density at radius 3 is 2.61 bits per heavy atom. The molecule has 0 radical (unpaired) electrons. The maximum Gasteiger partial charge on any atom is 0.309 e. The summed E-state index contributed by atoms with van der Waals surface area (Å²) in [6.45, 7) is 6.26. The second kappa shape index (κ2) is 7.04. The lowest BCUT2D eigenvalue weighted by atomic mass is 9.85. The number of methoxy groups -OCH3 is 1. The van der Waals surface area contributed by atoms with E-state index in [9.17, 15) is 4.79 Å². The highest BCUT2D eigenvalue weighted by Crippen LogP contribution is 2.30. The third-order valence-electron chi connectivity index (χ3n) is 3.22. The Hall–Kier alpha value is -1.51. The molecule has 0 amide bonds. The van der Waals surface area contributed by atoms with Gasteiger partial charge in [-0.25, -0.2) is 0 Å². The number of esters is 1. The molecular formula is C15H22O3. The normalized spacial score (nSPS) is 13.8. The zero-order chi connectivity index (χ0) is 13.5. The van der Waals surface area contributed by atoms with Crippen LogP contribution in [0.4, 0.5) is 0 Å². The molecule has 3 heteroatoms. The highest BCUT2D eigenvalue weighted by molar-refractivity contribution is 5.73. The van der Waals surface area contributed by atoms with Gasteiger partial charge >= 0.3 is 5.97 Å². The van der Waals surface area contributed by atoms with Gasteiger partial charge in [-0.2, -0.15) is 0 Å². The third-order valence-corrected chi connectivity index (χ3v) is 3.22. The average Bonchev–Trinajstić information content (AvgIpc) is 2.40. The molecule has 0 heterocycles. The summed E-state index contributed by atoms with van der Waals surface area (Å²) in [6, 6.07) is 7.89. The van der Waals surface area contributed by atoms with Crippen LogP contribution in [0.25, 0.3) is 0 Å². The Bertz CT molecular complexity index is 387. The predicted octanol–water partition coefficient (Wildman–Crippen LogP) is 3.39. The summed E-state index contributed by atoms with van der Waals surface area (Å²) in [7, 11) is 1.65. The Kier molecular flexibility index (Phi) is 5.69. The van der Waals surface area contributed by atoms with Crippen LogP contribution in [0.1, 0.15) is 38.7 Å². The molecule has 1 rings (SSSR count). The van der Waals surface area contributed by atoms with Gasteiger partial charge in [0.15, 0.2) is 0 Å². The van der Waals surface area contributed by atoms with Crippen molar-refractivity contribution in [2.75, 3.05) is 13.7 Å². The fourth-order valence-electron chi connectivity index (χ4n) is 2.19.